The molecular weight excluding hydrogens is 275 g/mol. The van der Waals surface area contributed by atoms with Gasteiger partial charge in [0.25, 0.3) is 0 Å². The summed E-state index contributed by atoms with van der Waals surface area (Å²) in [5.74, 6) is -1.69. The number of likely N-dealkylation sites (N-methyl/N-ethyl adjacent to an activating group) is 1. The lowest BCUT2D eigenvalue weighted by Gasteiger charge is -2.36. The maximum absolute atomic E-state index is 12.6. The van der Waals surface area contributed by atoms with E-state index in [0.717, 1.165) is 4.90 Å². The predicted molar refractivity (Wildman–Crippen MR) is 64.6 cm³/mol. The Hall–Kier alpha value is -1.44. The summed E-state index contributed by atoms with van der Waals surface area (Å²) in [6.07, 6.45) is -2.72. The average Bonchev–Trinajstić information content (AvgIpc) is 2.40. The molecule has 5 nitrogen and oxygen atoms in total. The summed E-state index contributed by atoms with van der Waals surface area (Å²) >= 11 is 0. The SMILES string of the molecule is CN1C(=O)C(N2CCC(C(F)(F)F)CC2)C=[N+](C)C1=O. The molecule has 0 aromatic heterocycles. The van der Waals surface area contributed by atoms with E-state index in [1.54, 1.807) is 4.90 Å². The number of rotatable bonds is 1. The molecule has 8 heteroatoms. The van der Waals surface area contributed by atoms with Crippen LogP contribution in [-0.2, 0) is 4.79 Å². The molecule has 1 saturated heterocycles. The summed E-state index contributed by atoms with van der Waals surface area (Å²) in [4.78, 5) is 26.3. The first kappa shape index (κ1) is 15.0. The van der Waals surface area contributed by atoms with Crippen molar-refractivity contribution in [3.63, 3.8) is 0 Å². The van der Waals surface area contributed by atoms with Crippen LogP contribution in [0.4, 0.5) is 18.0 Å². The van der Waals surface area contributed by atoms with Gasteiger partial charge in [0.05, 0.1) is 20.0 Å². The van der Waals surface area contributed by atoms with Gasteiger partial charge < -0.3 is 0 Å². The fraction of sp³-hybridized carbons (Fsp3) is 0.750. The molecule has 0 saturated carbocycles. The van der Waals surface area contributed by atoms with E-state index in [0.29, 0.717) is 0 Å². The Morgan fingerprint density at radius 2 is 1.80 bits per heavy atom. The van der Waals surface area contributed by atoms with Gasteiger partial charge in [-0.1, -0.05) is 0 Å². The molecule has 0 spiro atoms. The summed E-state index contributed by atoms with van der Waals surface area (Å²) in [5.41, 5.74) is 0. The highest BCUT2D eigenvalue weighted by atomic mass is 19.4. The third kappa shape index (κ3) is 2.70. The molecule has 0 aromatic carbocycles. The average molecular weight is 292 g/mol. The number of halogens is 3. The Labute approximate surface area is 114 Å². The normalized spacial score (nSPS) is 26.9. The number of imide groups is 1. The second kappa shape index (κ2) is 5.16. The fourth-order valence-electron chi connectivity index (χ4n) is 2.62. The molecule has 112 valence electrons. The molecule has 20 heavy (non-hydrogen) atoms. The number of urea groups is 1. The number of carbonyl (C=O) groups excluding carboxylic acids is 2. The van der Waals surface area contributed by atoms with E-state index in [1.807, 2.05) is 0 Å². The van der Waals surface area contributed by atoms with Crippen molar-refractivity contribution in [3.05, 3.63) is 0 Å². The van der Waals surface area contributed by atoms with Gasteiger partial charge in [0, 0.05) is 13.1 Å². The van der Waals surface area contributed by atoms with Crippen LogP contribution in [0.2, 0.25) is 0 Å². The van der Waals surface area contributed by atoms with Crippen LogP contribution in [0.5, 0.6) is 0 Å². The second-order valence-electron chi connectivity index (χ2n) is 5.24. The summed E-state index contributed by atoms with van der Waals surface area (Å²) in [7, 11) is 2.91. The highest BCUT2D eigenvalue weighted by Crippen LogP contribution is 2.34. The maximum Gasteiger partial charge on any atom is 0.500 e. The van der Waals surface area contributed by atoms with Crippen molar-refractivity contribution in [2.75, 3.05) is 27.2 Å². The van der Waals surface area contributed by atoms with Crippen LogP contribution in [-0.4, -0.2) is 71.9 Å². The molecule has 0 aromatic rings. The molecule has 2 aliphatic heterocycles. The monoisotopic (exact) mass is 292 g/mol. The highest BCUT2D eigenvalue weighted by Gasteiger charge is 2.46. The zero-order valence-corrected chi connectivity index (χ0v) is 11.4. The van der Waals surface area contributed by atoms with Crippen LogP contribution in [0.1, 0.15) is 12.8 Å². The summed E-state index contributed by atoms with van der Waals surface area (Å²) in [6.45, 7) is 0.403. The van der Waals surface area contributed by atoms with Crippen molar-refractivity contribution in [2.24, 2.45) is 5.92 Å². The number of hydrogen-bond acceptors (Lipinski definition) is 3. The molecular formula is C12H17F3N3O2+. The number of nitrogens with zero attached hydrogens (tertiary/aromatic N) is 3. The minimum absolute atomic E-state index is 0.0114. The topological polar surface area (TPSA) is 43.6 Å². The van der Waals surface area contributed by atoms with Crippen LogP contribution in [0, 0.1) is 5.92 Å². The van der Waals surface area contributed by atoms with E-state index in [1.165, 1.54) is 24.9 Å². The van der Waals surface area contributed by atoms with E-state index >= 15 is 0 Å². The van der Waals surface area contributed by atoms with Crippen molar-refractivity contribution in [1.29, 1.82) is 0 Å². The van der Waals surface area contributed by atoms with Crippen LogP contribution < -0.4 is 0 Å². The molecule has 0 aliphatic carbocycles. The number of amides is 3. The smallest absolute Gasteiger partial charge is 0.284 e. The molecule has 0 radical (unpaired) electrons. The van der Waals surface area contributed by atoms with Crippen molar-refractivity contribution in [2.45, 2.75) is 25.1 Å². The number of carbonyl (C=O) groups is 2. The van der Waals surface area contributed by atoms with E-state index in [9.17, 15) is 22.8 Å². The number of alkyl halides is 3. The van der Waals surface area contributed by atoms with Gasteiger partial charge in [-0.25, -0.2) is 9.37 Å². The Bertz CT molecular complexity index is 453. The number of hydrogen-bond donors (Lipinski definition) is 0. The number of likely N-dealkylation sites (tertiary alicyclic amines) is 1. The standard InChI is InChI=1S/C12H17F3N3O2/c1-16-7-9(10(19)17(2)11(16)20)18-5-3-8(4-6-18)12(13,14)15/h7-9H,3-6H2,1-2H3/q+1. The minimum atomic E-state index is -4.17. The van der Waals surface area contributed by atoms with Crippen LogP contribution >= 0.6 is 0 Å². The molecule has 3 amide bonds. The van der Waals surface area contributed by atoms with Gasteiger partial charge in [0.1, 0.15) is 6.21 Å². The molecule has 1 atom stereocenters. The number of piperidine rings is 1. The molecule has 2 rings (SSSR count). The van der Waals surface area contributed by atoms with E-state index in [-0.39, 0.29) is 25.9 Å². The third-order valence-corrected chi connectivity index (χ3v) is 3.92. The zero-order chi connectivity index (χ0) is 15.1. The first-order chi connectivity index (χ1) is 9.21. The Morgan fingerprint density at radius 1 is 1.25 bits per heavy atom. The van der Waals surface area contributed by atoms with E-state index < -0.39 is 30.1 Å². The fourth-order valence-corrected chi connectivity index (χ4v) is 2.62. The first-order valence-corrected chi connectivity index (χ1v) is 6.42. The molecule has 2 heterocycles. The summed E-state index contributed by atoms with van der Waals surface area (Å²) in [5, 5.41) is 0. The van der Waals surface area contributed by atoms with Gasteiger partial charge >= 0.3 is 18.1 Å². The molecule has 1 unspecified atom stereocenters. The second-order valence-corrected chi connectivity index (χ2v) is 5.24. The van der Waals surface area contributed by atoms with Gasteiger partial charge in [0.2, 0.25) is 0 Å². The van der Waals surface area contributed by atoms with E-state index in [2.05, 4.69) is 0 Å². The summed E-state index contributed by atoms with van der Waals surface area (Å²) < 4.78 is 39.1. The van der Waals surface area contributed by atoms with Crippen molar-refractivity contribution in [1.82, 2.24) is 9.80 Å². The maximum atomic E-state index is 12.6. The van der Waals surface area contributed by atoms with Crippen LogP contribution in [0.3, 0.4) is 0 Å². The lowest BCUT2D eigenvalue weighted by Crippen LogP contribution is -2.58. The van der Waals surface area contributed by atoms with Gasteiger partial charge in [0.15, 0.2) is 6.04 Å². The third-order valence-electron chi connectivity index (χ3n) is 3.92. The van der Waals surface area contributed by atoms with Gasteiger partial charge in [-0.05, 0) is 12.8 Å². The van der Waals surface area contributed by atoms with Gasteiger partial charge in [-0.3, -0.25) is 4.90 Å². The lowest BCUT2D eigenvalue weighted by atomic mass is 9.95. The van der Waals surface area contributed by atoms with Crippen LogP contribution in [0.15, 0.2) is 0 Å². The summed E-state index contributed by atoms with van der Waals surface area (Å²) in [6, 6.07) is -1.09. The van der Waals surface area contributed by atoms with Crippen molar-refractivity contribution < 1.29 is 27.3 Å². The Balaban J connectivity index is 2.07. The zero-order valence-electron chi connectivity index (χ0n) is 11.4. The van der Waals surface area contributed by atoms with Crippen LogP contribution in [0.25, 0.3) is 0 Å². The molecule has 0 N–H and O–H groups in total. The predicted octanol–water partition coefficient (Wildman–Crippen LogP) is 0.934. The van der Waals surface area contributed by atoms with Crippen molar-refractivity contribution in [3.8, 4) is 0 Å². The molecule has 0 bridgehead atoms. The van der Waals surface area contributed by atoms with E-state index in [4.69, 9.17) is 0 Å². The highest BCUT2D eigenvalue weighted by molar-refractivity contribution is 6.06. The van der Waals surface area contributed by atoms with Gasteiger partial charge in [-0.15, -0.1) is 0 Å². The quantitative estimate of drug-likeness (QED) is 0.675. The van der Waals surface area contributed by atoms with Crippen molar-refractivity contribution >= 4 is 18.2 Å². The molecule has 2 aliphatic rings. The van der Waals surface area contributed by atoms with Gasteiger partial charge in [-0.2, -0.15) is 22.9 Å². The Morgan fingerprint density at radius 3 is 2.30 bits per heavy atom. The minimum Gasteiger partial charge on any atom is -0.284 e. The Kier molecular flexibility index (Phi) is 3.86. The first-order valence-electron chi connectivity index (χ1n) is 6.42. The molecule has 1 fully saturated rings. The largest absolute Gasteiger partial charge is 0.500 e. The lowest BCUT2D eigenvalue weighted by molar-refractivity contribution is -0.401.